The summed E-state index contributed by atoms with van der Waals surface area (Å²) in [4.78, 5) is 5.16. The summed E-state index contributed by atoms with van der Waals surface area (Å²) in [5.41, 5.74) is 0. The standard InChI is InChI=1S/C12H24N2O/c1-2-13-7-9-14(10-8-13)11-3-5-12(15)6-4-11/h11-12,15H,2-10H2,1H3. The van der Waals surface area contributed by atoms with Gasteiger partial charge in [0.15, 0.2) is 0 Å². The average Bonchev–Trinajstić information content (AvgIpc) is 2.30. The van der Waals surface area contributed by atoms with Crippen LogP contribution in [0.5, 0.6) is 0 Å². The van der Waals surface area contributed by atoms with Gasteiger partial charge in [-0.25, -0.2) is 0 Å². The van der Waals surface area contributed by atoms with E-state index in [-0.39, 0.29) is 6.10 Å². The topological polar surface area (TPSA) is 26.7 Å². The van der Waals surface area contributed by atoms with Crippen molar-refractivity contribution in [2.45, 2.75) is 44.8 Å². The van der Waals surface area contributed by atoms with Crippen molar-refractivity contribution < 1.29 is 5.11 Å². The molecule has 2 fully saturated rings. The van der Waals surface area contributed by atoms with Gasteiger partial charge in [0.05, 0.1) is 6.10 Å². The van der Waals surface area contributed by atoms with Gasteiger partial charge in [0, 0.05) is 32.2 Å². The van der Waals surface area contributed by atoms with Crippen LogP contribution in [0, 0.1) is 0 Å². The Hall–Kier alpha value is -0.120. The number of hydrogen-bond acceptors (Lipinski definition) is 3. The maximum Gasteiger partial charge on any atom is 0.0541 e. The molecule has 2 rings (SSSR count). The summed E-state index contributed by atoms with van der Waals surface area (Å²) in [5.74, 6) is 0. The van der Waals surface area contributed by atoms with Crippen molar-refractivity contribution in [3.63, 3.8) is 0 Å². The molecular weight excluding hydrogens is 188 g/mol. The van der Waals surface area contributed by atoms with Gasteiger partial charge in [-0.1, -0.05) is 6.92 Å². The molecule has 1 aliphatic heterocycles. The summed E-state index contributed by atoms with van der Waals surface area (Å²) in [6.45, 7) is 8.36. The molecule has 3 heteroatoms. The second kappa shape index (κ2) is 5.28. The van der Waals surface area contributed by atoms with E-state index in [0.717, 1.165) is 18.9 Å². The molecule has 88 valence electrons. The second-order valence-electron chi connectivity index (χ2n) is 4.93. The van der Waals surface area contributed by atoms with Gasteiger partial charge in [-0.05, 0) is 32.2 Å². The lowest BCUT2D eigenvalue weighted by atomic mass is 9.91. The summed E-state index contributed by atoms with van der Waals surface area (Å²) in [6, 6.07) is 0.757. The van der Waals surface area contributed by atoms with Crippen molar-refractivity contribution in [2.75, 3.05) is 32.7 Å². The first-order valence-electron chi connectivity index (χ1n) is 6.44. The maximum absolute atomic E-state index is 9.48. The normalized spacial score (nSPS) is 35.6. The fourth-order valence-corrected chi connectivity index (χ4v) is 2.87. The summed E-state index contributed by atoms with van der Waals surface area (Å²) in [7, 11) is 0. The Labute approximate surface area is 93.1 Å². The summed E-state index contributed by atoms with van der Waals surface area (Å²) in [6.07, 6.45) is 4.41. The van der Waals surface area contributed by atoms with Crippen molar-refractivity contribution in [2.24, 2.45) is 0 Å². The molecule has 0 amide bonds. The van der Waals surface area contributed by atoms with Crippen LogP contribution in [0.4, 0.5) is 0 Å². The lowest BCUT2D eigenvalue weighted by molar-refractivity contribution is 0.0454. The predicted octanol–water partition coefficient (Wildman–Crippen LogP) is 0.927. The van der Waals surface area contributed by atoms with E-state index in [1.165, 1.54) is 45.6 Å². The molecule has 0 aromatic heterocycles. The lowest BCUT2D eigenvalue weighted by Gasteiger charge is -2.41. The molecule has 1 saturated heterocycles. The van der Waals surface area contributed by atoms with Gasteiger partial charge >= 0.3 is 0 Å². The highest BCUT2D eigenvalue weighted by Crippen LogP contribution is 2.23. The highest BCUT2D eigenvalue weighted by molar-refractivity contribution is 4.82. The zero-order chi connectivity index (χ0) is 10.7. The number of piperazine rings is 1. The summed E-state index contributed by atoms with van der Waals surface area (Å²) >= 11 is 0. The Morgan fingerprint density at radius 3 is 2.13 bits per heavy atom. The van der Waals surface area contributed by atoms with E-state index in [1.807, 2.05) is 0 Å². The minimum atomic E-state index is -0.0156. The Bertz CT molecular complexity index is 182. The largest absolute Gasteiger partial charge is 0.393 e. The lowest BCUT2D eigenvalue weighted by Crippen LogP contribution is -2.51. The first kappa shape index (κ1) is 11.4. The third-order valence-corrected chi connectivity index (χ3v) is 4.04. The zero-order valence-electron chi connectivity index (χ0n) is 9.86. The van der Waals surface area contributed by atoms with Gasteiger partial charge in [0.25, 0.3) is 0 Å². The Morgan fingerprint density at radius 1 is 1.00 bits per heavy atom. The molecule has 1 N–H and O–H groups in total. The van der Waals surface area contributed by atoms with E-state index in [0.29, 0.717) is 0 Å². The third-order valence-electron chi connectivity index (χ3n) is 4.04. The smallest absolute Gasteiger partial charge is 0.0541 e. The van der Waals surface area contributed by atoms with Crippen LogP contribution in [0.1, 0.15) is 32.6 Å². The van der Waals surface area contributed by atoms with Crippen LogP contribution in [0.3, 0.4) is 0 Å². The Morgan fingerprint density at radius 2 is 1.60 bits per heavy atom. The van der Waals surface area contributed by atoms with E-state index in [9.17, 15) is 5.11 Å². The van der Waals surface area contributed by atoms with Gasteiger partial charge in [0.2, 0.25) is 0 Å². The maximum atomic E-state index is 9.48. The number of aliphatic hydroxyl groups excluding tert-OH is 1. The monoisotopic (exact) mass is 212 g/mol. The van der Waals surface area contributed by atoms with Crippen molar-refractivity contribution >= 4 is 0 Å². The van der Waals surface area contributed by atoms with Crippen LogP contribution in [-0.4, -0.2) is 59.8 Å². The van der Waals surface area contributed by atoms with Crippen LogP contribution in [0.2, 0.25) is 0 Å². The fourth-order valence-electron chi connectivity index (χ4n) is 2.87. The number of likely N-dealkylation sites (N-methyl/N-ethyl adjacent to an activating group) is 1. The highest BCUT2D eigenvalue weighted by atomic mass is 16.3. The Kier molecular flexibility index (Phi) is 4.00. The molecule has 0 aromatic carbocycles. The minimum absolute atomic E-state index is 0.0156. The zero-order valence-corrected chi connectivity index (χ0v) is 9.86. The van der Waals surface area contributed by atoms with Gasteiger partial charge in [0.1, 0.15) is 0 Å². The molecular formula is C12H24N2O. The molecule has 0 aromatic rings. The SMILES string of the molecule is CCN1CCN(C2CCC(O)CC2)CC1. The van der Waals surface area contributed by atoms with Crippen LogP contribution in [-0.2, 0) is 0 Å². The van der Waals surface area contributed by atoms with Crippen molar-refractivity contribution in [1.82, 2.24) is 9.80 Å². The van der Waals surface area contributed by atoms with Gasteiger partial charge in [-0.3, -0.25) is 4.90 Å². The van der Waals surface area contributed by atoms with Crippen molar-refractivity contribution in [1.29, 1.82) is 0 Å². The second-order valence-corrected chi connectivity index (χ2v) is 4.93. The van der Waals surface area contributed by atoms with Gasteiger partial charge in [-0.15, -0.1) is 0 Å². The molecule has 0 atom stereocenters. The molecule has 3 nitrogen and oxygen atoms in total. The first-order valence-corrected chi connectivity index (χ1v) is 6.44. The molecule has 0 radical (unpaired) electrons. The highest BCUT2D eigenvalue weighted by Gasteiger charge is 2.26. The summed E-state index contributed by atoms with van der Waals surface area (Å²) in [5, 5.41) is 9.48. The van der Waals surface area contributed by atoms with Crippen LogP contribution >= 0.6 is 0 Å². The number of rotatable bonds is 2. The molecule has 1 heterocycles. The van der Waals surface area contributed by atoms with E-state index in [4.69, 9.17) is 0 Å². The van der Waals surface area contributed by atoms with Crippen LogP contribution < -0.4 is 0 Å². The van der Waals surface area contributed by atoms with Crippen LogP contribution in [0.15, 0.2) is 0 Å². The van der Waals surface area contributed by atoms with E-state index >= 15 is 0 Å². The quantitative estimate of drug-likeness (QED) is 0.737. The molecule has 0 bridgehead atoms. The molecule has 1 aliphatic carbocycles. The number of nitrogens with zero attached hydrogens (tertiary/aromatic N) is 2. The van der Waals surface area contributed by atoms with Crippen molar-refractivity contribution in [3.05, 3.63) is 0 Å². The third kappa shape index (κ3) is 2.92. The molecule has 2 aliphatic rings. The van der Waals surface area contributed by atoms with Gasteiger partial charge < -0.3 is 10.0 Å². The number of hydrogen-bond donors (Lipinski definition) is 1. The van der Waals surface area contributed by atoms with E-state index < -0.39 is 0 Å². The van der Waals surface area contributed by atoms with E-state index in [1.54, 1.807) is 0 Å². The molecule has 0 unspecified atom stereocenters. The molecule has 0 spiro atoms. The molecule has 1 saturated carbocycles. The van der Waals surface area contributed by atoms with Crippen molar-refractivity contribution in [3.8, 4) is 0 Å². The minimum Gasteiger partial charge on any atom is -0.393 e. The Balaban J connectivity index is 1.75. The first-order chi connectivity index (χ1) is 7.29. The average molecular weight is 212 g/mol. The fraction of sp³-hybridized carbons (Fsp3) is 1.00. The predicted molar refractivity (Wildman–Crippen MR) is 61.9 cm³/mol. The molecule has 15 heavy (non-hydrogen) atoms. The number of aliphatic hydroxyl groups is 1. The van der Waals surface area contributed by atoms with E-state index in [2.05, 4.69) is 16.7 Å². The summed E-state index contributed by atoms with van der Waals surface area (Å²) < 4.78 is 0. The van der Waals surface area contributed by atoms with Gasteiger partial charge in [-0.2, -0.15) is 0 Å². The van der Waals surface area contributed by atoms with Crippen LogP contribution in [0.25, 0.3) is 0 Å².